The van der Waals surface area contributed by atoms with Gasteiger partial charge in [-0.2, -0.15) is 0 Å². The maximum atomic E-state index is 13.6. The minimum absolute atomic E-state index is 0.0757. The fourth-order valence-electron chi connectivity index (χ4n) is 4.72. The van der Waals surface area contributed by atoms with Crippen LogP contribution in [0, 0.1) is 5.92 Å². The third-order valence-corrected chi connectivity index (χ3v) is 6.06. The van der Waals surface area contributed by atoms with Crippen molar-refractivity contribution in [1.82, 2.24) is 9.80 Å². The summed E-state index contributed by atoms with van der Waals surface area (Å²) in [7, 11) is 0. The lowest BCUT2D eigenvalue weighted by Gasteiger charge is -2.42. The molecule has 1 fully saturated rings. The van der Waals surface area contributed by atoms with Gasteiger partial charge in [0.2, 0.25) is 11.8 Å². The highest BCUT2D eigenvalue weighted by molar-refractivity contribution is 5.91. The molecule has 4 rings (SSSR count). The Morgan fingerprint density at radius 2 is 1.75 bits per heavy atom. The van der Waals surface area contributed by atoms with Crippen LogP contribution in [0.15, 0.2) is 54.6 Å². The SMILES string of the molecule is CC(C)C1c2ccccc2CCN1C(=O)C1CCC(=O)N1Cc1ccccc1. The van der Waals surface area contributed by atoms with Crippen molar-refractivity contribution in [3.05, 3.63) is 71.3 Å². The van der Waals surface area contributed by atoms with Gasteiger partial charge < -0.3 is 9.80 Å². The fourth-order valence-corrected chi connectivity index (χ4v) is 4.72. The average Bonchev–Trinajstić information content (AvgIpc) is 3.07. The van der Waals surface area contributed by atoms with Gasteiger partial charge in [0.15, 0.2) is 0 Å². The van der Waals surface area contributed by atoms with Gasteiger partial charge in [-0.1, -0.05) is 68.4 Å². The Hall–Kier alpha value is -2.62. The zero-order valence-corrected chi connectivity index (χ0v) is 16.7. The quantitative estimate of drug-likeness (QED) is 0.810. The first-order valence-electron chi connectivity index (χ1n) is 10.3. The highest BCUT2D eigenvalue weighted by Crippen LogP contribution is 2.37. The summed E-state index contributed by atoms with van der Waals surface area (Å²) < 4.78 is 0. The second kappa shape index (κ2) is 7.78. The van der Waals surface area contributed by atoms with Crippen molar-refractivity contribution < 1.29 is 9.59 Å². The Bertz CT molecular complexity index is 862. The number of hydrogen-bond acceptors (Lipinski definition) is 2. The molecular weight excluding hydrogens is 348 g/mol. The van der Waals surface area contributed by atoms with Crippen LogP contribution in [0.3, 0.4) is 0 Å². The molecule has 2 aromatic rings. The second-order valence-corrected chi connectivity index (χ2v) is 8.23. The highest BCUT2D eigenvalue weighted by Gasteiger charge is 2.42. The van der Waals surface area contributed by atoms with E-state index >= 15 is 0 Å². The molecule has 2 unspecified atom stereocenters. The summed E-state index contributed by atoms with van der Waals surface area (Å²) in [5, 5.41) is 0. The van der Waals surface area contributed by atoms with Gasteiger partial charge in [-0.05, 0) is 35.4 Å². The van der Waals surface area contributed by atoms with Crippen LogP contribution in [-0.2, 0) is 22.6 Å². The highest BCUT2D eigenvalue weighted by atomic mass is 16.2. The Labute approximate surface area is 167 Å². The minimum atomic E-state index is -0.348. The van der Waals surface area contributed by atoms with Crippen LogP contribution in [0.25, 0.3) is 0 Å². The van der Waals surface area contributed by atoms with Gasteiger partial charge in [-0.25, -0.2) is 0 Å². The van der Waals surface area contributed by atoms with Crippen molar-refractivity contribution in [2.24, 2.45) is 5.92 Å². The van der Waals surface area contributed by atoms with E-state index in [1.165, 1.54) is 11.1 Å². The van der Waals surface area contributed by atoms with Crippen molar-refractivity contribution >= 4 is 11.8 Å². The lowest BCUT2D eigenvalue weighted by molar-refractivity contribution is -0.144. The van der Waals surface area contributed by atoms with Gasteiger partial charge in [-0.15, -0.1) is 0 Å². The molecule has 0 radical (unpaired) electrons. The Balaban J connectivity index is 1.59. The van der Waals surface area contributed by atoms with E-state index in [9.17, 15) is 9.59 Å². The number of carbonyl (C=O) groups is 2. The lowest BCUT2D eigenvalue weighted by Crippen LogP contribution is -2.50. The monoisotopic (exact) mass is 376 g/mol. The van der Waals surface area contributed by atoms with Gasteiger partial charge >= 0.3 is 0 Å². The van der Waals surface area contributed by atoms with E-state index in [2.05, 4.69) is 38.1 Å². The van der Waals surface area contributed by atoms with Crippen LogP contribution >= 0.6 is 0 Å². The van der Waals surface area contributed by atoms with E-state index in [-0.39, 0.29) is 23.9 Å². The largest absolute Gasteiger partial charge is 0.333 e. The van der Waals surface area contributed by atoms with Crippen molar-refractivity contribution in [3.8, 4) is 0 Å². The third-order valence-electron chi connectivity index (χ3n) is 6.06. The zero-order chi connectivity index (χ0) is 19.7. The average molecular weight is 376 g/mol. The second-order valence-electron chi connectivity index (χ2n) is 8.23. The van der Waals surface area contributed by atoms with Crippen molar-refractivity contribution in [2.45, 2.75) is 51.7 Å². The van der Waals surface area contributed by atoms with E-state index in [0.717, 1.165) is 18.5 Å². The van der Waals surface area contributed by atoms with Gasteiger partial charge in [0.05, 0.1) is 6.04 Å². The molecule has 0 spiro atoms. The summed E-state index contributed by atoms with van der Waals surface area (Å²) >= 11 is 0. The molecule has 0 saturated carbocycles. The zero-order valence-electron chi connectivity index (χ0n) is 16.7. The number of rotatable bonds is 4. The van der Waals surface area contributed by atoms with Crippen LogP contribution in [0.4, 0.5) is 0 Å². The van der Waals surface area contributed by atoms with E-state index in [1.807, 2.05) is 35.2 Å². The first kappa shape index (κ1) is 18.7. The number of fused-ring (bicyclic) bond motifs is 1. The molecule has 2 aromatic carbocycles. The van der Waals surface area contributed by atoms with Crippen LogP contribution < -0.4 is 0 Å². The summed E-state index contributed by atoms with van der Waals surface area (Å²) in [6.07, 6.45) is 1.96. The smallest absolute Gasteiger partial charge is 0.245 e. The summed E-state index contributed by atoms with van der Waals surface area (Å²) in [4.78, 5) is 30.0. The third kappa shape index (κ3) is 3.44. The molecule has 2 heterocycles. The van der Waals surface area contributed by atoms with Crippen LogP contribution in [0.2, 0.25) is 0 Å². The van der Waals surface area contributed by atoms with Gasteiger partial charge in [-0.3, -0.25) is 9.59 Å². The molecule has 2 aliphatic heterocycles. The Kier molecular flexibility index (Phi) is 5.21. The molecule has 0 bridgehead atoms. The molecule has 2 aliphatic rings. The van der Waals surface area contributed by atoms with E-state index < -0.39 is 0 Å². The molecule has 0 aliphatic carbocycles. The standard InChI is InChI=1S/C24H28N2O2/c1-17(2)23-20-11-7-6-10-19(20)14-15-25(23)24(28)21-12-13-22(27)26(21)16-18-8-4-3-5-9-18/h3-11,17,21,23H,12-16H2,1-2H3. The van der Waals surface area contributed by atoms with Crippen molar-refractivity contribution in [2.75, 3.05) is 6.54 Å². The maximum absolute atomic E-state index is 13.6. The number of benzene rings is 2. The Morgan fingerprint density at radius 3 is 2.50 bits per heavy atom. The molecule has 4 heteroatoms. The Morgan fingerprint density at radius 1 is 1.04 bits per heavy atom. The lowest BCUT2D eigenvalue weighted by atomic mass is 9.85. The summed E-state index contributed by atoms with van der Waals surface area (Å²) in [5.41, 5.74) is 3.67. The topological polar surface area (TPSA) is 40.6 Å². The molecule has 1 saturated heterocycles. The van der Waals surface area contributed by atoms with E-state index in [4.69, 9.17) is 0 Å². The van der Waals surface area contributed by atoms with Gasteiger partial charge in [0.25, 0.3) is 0 Å². The number of hydrogen-bond donors (Lipinski definition) is 0. The van der Waals surface area contributed by atoms with Crippen LogP contribution in [0.1, 0.15) is 49.4 Å². The number of nitrogens with zero attached hydrogens (tertiary/aromatic N) is 2. The molecule has 2 amide bonds. The van der Waals surface area contributed by atoms with E-state index in [0.29, 0.717) is 25.3 Å². The fraction of sp³-hybridized carbons (Fsp3) is 0.417. The van der Waals surface area contributed by atoms with Crippen LogP contribution in [0.5, 0.6) is 0 Å². The molecule has 0 N–H and O–H groups in total. The van der Waals surface area contributed by atoms with Crippen LogP contribution in [-0.4, -0.2) is 34.2 Å². The minimum Gasteiger partial charge on any atom is -0.333 e. The molecule has 2 atom stereocenters. The maximum Gasteiger partial charge on any atom is 0.245 e. The summed E-state index contributed by atoms with van der Waals surface area (Å²) in [6.45, 7) is 5.58. The van der Waals surface area contributed by atoms with Crippen molar-refractivity contribution in [3.63, 3.8) is 0 Å². The molecule has 4 nitrogen and oxygen atoms in total. The van der Waals surface area contributed by atoms with E-state index in [1.54, 1.807) is 4.90 Å². The summed E-state index contributed by atoms with van der Waals surface area (Å²) in [5.74, 6) is 0.515. The number of carbonyl (C=O) groups excluding carboxylic acids is 2. The van der Waals surface area contributed by atoms with Gasteiger partial charge in [0, 0.05) is 19.5 Å². The molecule has 28 heavy (non-hydrogen) atoms. The predicted molar refractivity (Wildman–Crippen MR) is 109 cm³/mol. The first-order chi connectivity index (χ1) is 13.6. The normalized spacial score (nSPS) is 21.9. The number of amides is 2. The molecule has 0 aromatic heterocycles. The number of likely N-dealkylation sites (tertiary alicyclic amines) is 1. The predicted octanol–water partition coefficient (Wildman–Crippen LogP) is 3.96. The van der Waals surface area contributed by atoms with Gasteiger partial charge in [0.1, 0.15) is 6.04 Å². The summed E-state index contributed by atoms with van der Waals surface area (Å²) in [6, 6.07) is 18.1. The first-order valence-corrected chi connectivity index (χ1v) is 10.3. The molecular formula is C24H28N2O2. The molecule has 146 valence electrons. The van der Waals surface area contributed by atoms with Crippen molar-refractivity contribution in [1.29, 1.82) is 0 Å².